The molecule has 0 spiro atoms. The second-order valence-corrected chi connectivity index (χ2v) is 15.1. The molecule has 0 bridgehead atoms. The predicted octanol–water partition coefficient (Wildman–Crippen LogP) is 15.5. The van der Waals surface area contributed by atoms with Gasteiger partial charge in [0.1, 0.15) is 6.10 Å². The molecule has 0 fully saturated rings. The van der Waals surface area contributed by atoms with Gasteiger partial charge in [-0.05, 0) is 89.9 Å². The fourth-order valence-electron chi connectivity index (χ4n) is 6.27. The summed E-state index contributed by atoms with van der Waals surface area (Å²) in [6, 6.07) is 0. The topological polar surface area (TPSA) is 55.8 Å². The average Bonchev–Trinajstić information content (AvgIpc) is 3.19. The van der Waals surface area contributed by atoms with E-state index in [2.05, 4.69) is 98.9 Å². The molecule has 1 atom stereocenters. The summed E-state index contributed by atoms with van der Waals surface area (Å²) in [5, 5.41) is 9.62. The van der Waals surface area contributed by atoms with Crippen LogP contribution >= 0.6 is 0 Å². The minimum atomic E-state index is -0.554. The number of hydrogen-bond donors (Lipinski definition) is 1. The lowest BCUT2D eigenvalue weighted by Gasteiger charge is -2.15. The van der Waals surface area contributed by atoms with E-state index in [1.807, 2.05) is 0 Å². The van der Waals surface area contributed by atoms with Crippen LogP contribution in [0.3, 0.4) is 0 Å². The molecule has 4 nitrogen and oxygen atoms in total. The van der Waals surface area contributed by atoms with Gasteiger partial charge in [-0.3, -0.25) is 4.79 Å². The number of esters is 1. The first-order chi connectivity index (χ1) is 27.2. The van der Waals surface area contributed by atoms with Gasteiger partial charge in [-0.1, -0.05) is 195 Å². The first-order valence-electron chi connectivity index (χ1n) is 23.2. The van der Waals surface area contributed by atoms with Gasteiger partial charge in [-0.25, -0.2) is 0 Å². The normalized spacial score (nSPS) is 13.1. The summed E-state index contributed by atoms with van der Waals surface area (Å²) in [5.41, 5.74) is 0. The number of carbonyl (C=O) groups excluding carboxylic acids is 1. The Morgan fingerprint density at radius 3 is 1.24 bits per heavy atom. The first-order valence-corrected chi connectivity index (χ1v) is 23.2. The van der Waals surface area contributed by atoms with Gasteiger partial charge < -0.3 is 14.6 Å². The Labute approximate surface area is 341 Å². The second-order valence-electron chi connectivity index (χ2n) is 15.1. The van der Waals surface area contributed by atoms with Crippen LogP contribution < -0.4 is 0 Å². The lowest BCUT2D eigenvalue weighted by atomic mass is 10.0. The van der Waals surface area contributed by atoms with Gasteiger partial charge in [-0.2, -0.15) is 0 Å². The maximum Gasteiger partial charge on any atom is 0.306 e. The van der Waals surface area contributed by atoms with Crippen molar-refractivity contribution in [2.75, 3.05) is 19.8 Å². The van der Waals surface area contributed by atoms with Crippen molar-refractivity contribution < 1.29 is 19.4 Å². The summed E-state index contributed by atoms with van der Waals surface area (Å²) in [6.07, 6.45) is 66.5. The second kappa shape index (κ2) is 47.7. The number of aliphatic hydroxyl groups is 1. The van der Waals surface area contributed by atoms with Crippen LogP contribution in [-0.2, 0) is 14.3 Å². The smallest absolute Gasteiger partial charge is 0.306 e. The van der Waals surface area contributed by atoms with E-state index < -0.39 is 6.10 Å². The van der Waals surface area contributed by atoms with Crippen LogP contribution in [0.2, 0.25) is 0 Å². The Hall–Kier alpha value is -2.43. The van der Waals surface area contributed by atoms with E-state index in [-0.39, 0.29) is 19.2 Å². The Balaban J connectivity index is 3.50. The highest BCUT2D eigenvalue weighted by molar-refractivity contribution is 5.69. The van der Waals surface area contributed by atoms with Crippen molar-refractivity contribution in [3.8, 4) is 0 Å². The van der Waals surface area contributed by atoms with Gasteiger partial charge in [0.15, 0.2) is 0 Å². The van der Waals surface area contributed by atoms with Crippen LogP contribution in [-0.4, -0.2) is 37.0 Å². The summed E-state index contributed by atoms with van der Waals surface area (Å²) in [4.78, 5) is 12.2. The Morgan fingerprint density at radius 1 is 0.455 bits per heavy atom. The van der Waals surface area contributed by atoms with E-state index in [0.717, 1.165) is 70.6 Å². The highest BCUT2D eigenvalue weighted by Crippen LogP contribution is 2.14. The number of aliphatic hydroxyl groups excluding tert-OH is 1. The number of rotatable bonds is 42. The number of carbonyl (C=O) groups is 1. The molecule has 0 aliphatic carbocycles. The molecule has 0 aliphatic rings. The molecule has 316 valence electrons. The molecule has 0 saturated carbocycles. The fraction of sp³-hybridized carbons (Fsp3) is 0.706. The number of allylic oxidation sites excluding steroid dienone is 14. The van der Waals surface area contributed by atoms with Gasteiger partial charge >= 0.3 is 5.97 Å². The molecule has 0 amide bonds. The number of unbranched alkanes of at least 4 members (excludes halogenated alkanes) is 20. The van der Waals surface area contributed by atoms with Crippen molar-refractivity contribution in [2.45, 2.75) is 213 Å². The predicted molar refractivity (Wildman–Crippen MR) is 242 cm³/mol. The van der Waals surface area contributed by atoms with Crippen molar-refractivity contribution in [1.82, 2.24) is 0 Å². The van der Waals surface area contributed by atoms with Gasteiger partial charge in [0.2, 0.25) is 0 Å². The molecular weight excluding hydrogens is 677 g/mol. The van der Waals surface area contributed by atoms with E-state index in [9.17, 15) is 9.90 Å². The van der Waals surface area contributed by atoms with E-state index in [1.54, 1.807) is 0 Å². The standard InChI is InChI=1S/C51H88O4/c1-3-5-7-9-11-13-15-17-19-21-23-25-26-27-28-30-32-34-36-38-40-42-44-46-51(53)55-50(48-52)49-54-47-45-43-41-39-37-35-33-31-29-24-22-20-18-16-14-12-10-8-6-4-2/h6,8,12,14-15,17-18,20-21,23-24,29,33,35,50,52H,3-5,7,9-11,13,16,19,22,25-28,30-32,34,36-49H2,1-2H3/b8-6-,14-12-,17-15-,20-18-,23-21-,29-24-,35-33-. The molecule has 55 heavy (non-hydrogen) atoms. The summed E-state index contributed by atoms with van der Waals surface area (Å²) in [7, 11) is 0. The zero-order valence-electron chi connectivity index (χ0n) is 36.2. The summed E-state index contributed by atoms with van der Waals surface area (Å²) < 4.78 is 11.2. The van der Waals surface area contributed by atoms with Crippen LogP contribution in [0.4, 0.5) is 0 Å². The molecule has 0 heterocycles. The maximum absolute atomic E-state index is 12.2. The third-order valence-corrected chi connectivity index (χ3v) is 9.70. The number of ether oxygens (including phenoxy) is 2. The van der Waals surface area contributed by atoms with E-state index in [0.29, 0.717) is 13.0 Å². The van der Waals surface area contributed by atoms with Gasteiger partial charge in [0, 0.05) is 13.0 Å². The highest BCUT2D eigenvalue weighted by Gasteiger charge is 2.13. The molecule has 0 aromatic rings. The van der Waals surface area contributed by atoms with Crippen molar-refractivity contribution in [1.29, 1.82) is 0 Å². The van der Waals surface area contributed by atoms with Crippen LogP contribution in [0.15, 0.2) is 85.1 Å². The third kappa shape index (κ3) is 45.9. The molecule has 4 heteroatoms. The molecule has 0 aliphatic heterocycles. The highest BCUT2D eigenvalue weighted by atomic mass is 16.6. The van der Waals surface area contributed by atoms with E-state index >= 15 is 0 Å². The lowest BCUT2D eigenvalue weighted by Crippen LogP contribution is -2.27. The van der Waals surface area contributed by atoms with Crippen LogP contribution in [0, 0.1) is 0 Å². The molecule has 0 rings (SSSR count). The third-order valence-electron chi connectivity index (χ3n) is 9.70. The molecule has 1 N–H and O–H groups in total. The first kappa shape index (κ1) is 52.6. The summed E-state index contributed by atoms with van der Waals surface area (Å²) in [6.45, 7) is 5.16. The van der Waals surface area contributed by atoms with Gasteiger partial charge in [-0.15, -0.1) is 0 Å². The molecule has 0 aromatic carbocycles. The lowest BCUT2D eigenvalue weighted by molar-refractivity contribution is -0.154. The Morgan fingerprint density at radius 2 is 0.818 bits per heavy atom. The van der Waals surface area contributed by atoms with Crippen molar-refractivity contribution in [3.05, 3.63) is 85.1 Å². The monoisotopic (exact) mass is 765 g/mol. The van der Waals surface area contributed by atoms with Crippen LogP contribution in [0.25, 0.3) is 0 Å². The SMILES string of the molecule is CC/C=C\C/C=C\C/C=C\C/C=C\C/C=C\CCCCCCOCC(CO)OC(=O)CCCCCCCCCCCCC/C=C\C/C=C\CCCCCCC. The quantitative estimate of drug-likeness (QED) is 0.0382. The maximum atomic E-state index is 12.2. The zero-order valence-corrected chi connectivity index (χ0v) is 36.2. The Kier molecular flexibility index (Phi) is 45.6. The average molecular weight is 765 g/mol. The van der Waals surface area contributed by atoms with E-state index in [4.69, 9.17) is 9.47 Å². The largest absolute Gasteiger partial charge is 0.457 e. The summed E-state index contributed by atoms with van der Waals surface area (Å²) in [5.74, 6) is -0.214. The fourth-order valence-corrected chi connectivity index (χ4v) is 6.27. The molecule has 0 aromatic heterocycles. The minimum absolute atomic E-state index is 0.187. The summed E-state index contributed by atoms with van der Waals surface area (Å²) >= 11 is 0. The molecule has 0 radical (unpaired) electrons. The molecule has 1 unspecified atom stereocenters. The van der Waals surface area contributed by atoms with E-state index in [1.165, 1.54) is 116 Å². The molecular formula is C51H88O4. The minimum Gasteiger partial charge on any atom is -0.457 e. The van der Waals surface area contributed by atoms with Crippen molar-refractivity contribution in [3.63, 3.8) is 0 Å². The number of hydrogen-bond acceptors (Lipinski definition) is 4. The van der Waals surface area contributed by atoms with Crippen LogP contribution in [0.1, 0.15) is 206 Å². The van der Waals surface area contributed by atoms with Crippen LogP contribution in [0.5, 0.6) is 0 Å². The van der Waals surface area contributed by atoms with Gasteiger partial charge in [0.25, 0.3) is 0 Å². The van der Waals surface area contributed by atoms with Crippen molar-refractivity contribution >= 4 is 5.97 Å². The zero-order chi connectivity index (χ0) is 39.8. The van der Waals surface area contributed by atoms with Gasteiger partial charge in [0.05, 0.1) is 13.2 Å². The Bertz CT molecular complexity index is 985. The molecule has 0 saturated heterocycles. The van der Waals surface area contributed by atoms with Crippen molar-refractivity contribution in [2.24, 2.45) is 0 Å².